The molecule has 246 valence electrons. The Labute approximate surface area is 303 Å². The van der Waals surface area contributed by atoms with Gasteiger partial charge in [-0.1, -0.05) is 176 Å². The van der Waals surface area contributed by atoms with Crippen LogP contribution in [0.25, 0.3) is 49.4 Å². The molecule has 8 aromatic rings. The van der Waals surface area contributed by atoms with Gasteiger partial charge in [-0.05, 0) is 61.9 Å². The van der Waals surface area contributed by atoms with Crippen LogP contribution in [-0.4, -0.2) is 16.9 Å². The minimum absolute atomic E-state index is 0.236. The molecule has 1 aromatic heterocycles. The van der Waals surface area contributed by atoms with Crippen molar-refractivity contribution in [2.45, 2.75) is 11.5 Å². The van der Waals surface area contributed by atoms with Gasteiger partial charge in [-0.3, -0.25) is 4.57 Å². The number of benzene rings is 7. The van der Waals surface area contributed by atoms with E-state index in [1.54, 1.807) is 0 Å². The Morgan fingerprint density at radius 3 is 1.98 bits per heavy atom. The predicted molar refractivity (Wildman–Crippen MR) is 218 cm³/mol. The fourth-order valence-corrected chi connectivity index (χ4v) is 8.80. The topological polar surface area (TPSA) is 43.3 Å². The van der Waals surface area contributed by atoms with Gasteiger partial charge in [0.15, 0.2) is 0 Å². The number of rotatable bonds is 5. The van der Waals surface area contributed by atoms with Gasteiger partial charge in [0.2, 0.25) is 0 Å². The van der Waals surface area contributed by atoms with Crippen molar-refractivity contribution >= 4 is 44.6 Å². The summed E-state index contributed by atoms with van der Waals surface area (Å²) in [5.41, 5.74) is 19.0. The van der Waals surface area contributed by atoms with Crippen LogP contribution < -0.4 is 5.73 Å². The molecule has 0 spiro atoms. The molecule has 3 nitrogen and oxygen atoms in total. The molecule has 0 bridgehead atoms. The maximum Gasteiger partial charge on any atom is 0.100 e. The van der Waals surface area contributed by atoms with E-state index < -0.39 is 5.41 Å². The number of fused-ring (bicyclic) bond motifs is 9. The van der Waals surface area contributed by atoms with Crippen LogP contribution in [-0.2, 0) is 5.41 Å². The van der Waals surface area contributed by atoms with E-state index in [9.17, 15) is 0 Å². The van der Waals surface area contributed by atoms with Crippen molar-refractivity contribution in [1.82, 2.24) is 4.57 Å². The highest BCUT2D eigenvalue weighted by Crippen LogP contribution is 2.58. The zero-order valence-electron chi connectivity index (χ0n) is 28.5. The number of nitrogens with two attached hydrogens (primary N) is 1. The SMILES string of the molecule is NC1C=CC=C/C1=C(/N=C/n1c2ccccc2c2c3ccc4c(c3ccc21)C(c1ccccc1)(c1ccccc1)c1ccccc1-4)c1ccccc1. The molecule has 0 amide bonds. The molecule has 3 heteroatoms. The van der Waals surface area contributed by atoms with Crippen LogP contribution in [0.2, 0.25) is 0 Å². The summed E-state index contributed by atoms with van der Waals surface area (Å²) in [4.78, 5) is 5.23. The highest BCUT2D eigenvalue weighted by molar-refractivity contribution is 6.24. The van der Waals surface area contributed by atoms with Crippen molar-refractivity contribution in [3.05, 3.63) is 221 Å². The molecular weight excluding hydrogens is 631 g/mol. The maximum absolute atomic E-state index is 6.62. The van der Waals surface area contributed by atoms with Crippen molar-refractivity contribution in [3.8, 4) is 11.1 Å². The third-order valence-electron chi connectivity index (χ3n) is 11.0. The summed E-state index contributed by atoms with van der Waals surface area (Å²) < 4.78 is 2.24. The van der Waals surface area contributed by atoms with Crippen molar-refractivity contribution in [2.75, 3.05) is 0 Å². The monoisotopic (exact) mass is 665 g/mol. The molecule has 2 N–H and O–H groups in total. The molecule has 52 heavy (non-hydrogen) atoms. The Morgan fingerprint density at radius 2 is 1.23 bits per heavy atom. The zero-order valence-corrected chi connectivity index (χ0v) is 28.5. The molecule has 1 heterocycles. The normalized spacial score (nSPS) is 16.9. The van der Waals surface area contributed by atoms with Crippen LogP contribution in [0.15, 0.2) is 199 Å². The summed E-state index contributed by atoms with van der Waals surface area (Å²) in [5.74, 6) is 0. The minimum Gasteiger partial charge on any atom is -0.321 e. The van der Waals surface area contributed by atoms with Crippen LogP contribution in [0.3, 0.4) is 0 Å². The molecule has 2 aliphatic carbocycles. The number of hydrogen-bond donors (Lipinski definition) is 1. The van der Waals surface area contributed by atoms with Crippen LogP contribution in [0.5, 0.6) is 0 Å². The molecule has 0 radical (unpaired) electrons. The summed E-state index contributed by atoms with van der Waals surface area (Å²) in [5, 5.41) is 4.90. The fraction of sp³-hybridized carbons (Fsp3) is 0.0408. The first-order chi connectivity index (χ1) is 25.7. The molecule has 0 saturated heterocycles. The van der Waals surface area contributed by atoms with E-state index in [0.29, 0.717) is 0 Å². The van der Waals surface area contributed by atoms with Gasteiger partial charge < -0.3 is 5.73 Å². The van der Waals surface area contributed by atoms with E-state index in [0.717, 1.165) is 27.9 Å². The molecule has 0 aliphatic heterocycles. The number of aromatic nitrogens is 1. The van der Waals surface area contributed by atoms with Crippen molar-refractivity contribution < 1.29 is 0 Å². The smallest absolute Gasteiger partial charge is 0.100 e. The van der Waals surface area contributed by atoms with Gasteiger partial charge in [0.1, 0.15) is 6.34 Å². The number of para-hydroxylation sites is 1. The average Bonchev–Trinajstić information content (AvgIpc) is 3.71. The van der Waals surface area contributed by atoms with E-state index in [1.165, 1.54) is 54.9 Å². The summed E-state index contributed by atoms with van der Waals surface area (Å²) in [7, 11) is 0. The number of hydrogen-bond acceptors (Lipinski definition) is 2. The first-order valence-electron chi connectivity index (χ1n) is 17.9. The third-order valence-corrected chi connectivity index (χ3v) is 11.0. The summed E-state index contributed by atoms with van der Waals surface area (Å²) in [6.45, 7) is 0. The molecule has 1 atom stereocenters. The molecule has 0 saturated carbocycles. The number of aliphatic imine (C=N–C) groups is 1. The maximum atomic E-state index is 6.62. The lowest BCUT2D eigenvalue weighted by Gasteiger charge is -2.34. The zero-order chi connectivity index (χ0) is 34.6. The van der Waals surface area contributed by atoms with Crippen LogP contribution in [0.1, 0.15) is 27.8 Å². The predicted octanol–water partition coefficient (Wildman–Crippen LogP) is 11.1. The van der Waals surface area contributed by atoms with Gasteiger partial charge in [-0.25, -0.2) is 4.99 Å². The first kappa shape index (κ1) is 30.3. The highest BCUT2D eigenvalue weighted by atomic mass is 15.0. The average molecular weight is 666 g/mol. The molecular formula is C49H35N3. The van der Waals surface area contributed by atoms with E-state index in [1.807, 2.05) is 42.8 Å². The Kier molecular flexibility index (Phi) is 7.02. The standard InChI is InChI=1S/C49H35N3/c50-43-26-14-11-23-40(43)48(33-16-4-1-5-17-33)51-32-52-44-27-15-12-24-41(44)46-37-28-29-38-36-22-10-13-25-42(36)49(34-18-6-2-7-19-34,35-20-8-3-9-21-35)47(38)39(37)30-31-45(46)52/h1-32,43H,50H2/b48-40-,51-32+. The molecule has 0 fully saturated rings. The van der Waals surface area contributed by atoms with Crippen molar-refractivity contribution in [2.24, 2.45) is 10.7 Å². The van der Waals surface area contributed by atoms with Gasteiger partial charge in [0.05, 0.1) is 28.2 Å². The fourth-order valence-electron chi connectivity index (χ4n) is 8.80. The Morgan fingerprint density at radius 1 is 0.577 bits per heavy atom. The highest BCUT2D eigenvalue weighted by Gasteiger charge is 2.47. The van der Waals surface area contributed by atoms with E-state index >= 15 is 0 Å². The lowest BCUT2D eigenvalue weighted by Crippen LogP contribution is -2.28. The van der Waals surface area contributed by atoms with Crippen LogP contribution >= 0.6 is 0 Å². The van der Waals surface area contributed by atoms with Crippen molar-refractivity contribution in [1.29, 1.82) is 0 Å². The largest absolute Gasteiger partial charge is 0.321 e. The molecule has 2 aliphatic rings. The summed E-state index contributed by atoms with van der Waals surface area (Å²) in [6.07, 6.45) is 10.1. The summed E-state index contributed by atoms with van der Waals surface area (Å²) >= 11 is 0. The molecule has 1 unspecified atom stereocenters. The Balaban J connectivity index is 1.27. The third kappa shape index (κ3) is 4.40. The lowest BCUT2D eigenvalue weighted by molar-refractivity contribution is 0.775. The van der Waals surface area contributed by atoms with Gasteiger partial charge >= 0.3 is 0 Å². The molecule has 7 aromatic carbocycles. The first-order valence-corrected chi connectivity index (χ1v) is 17.9. The second kappa shape index (κ2) is 12.1. The van der Waals surface area contributed by atoms with E-state index in [-0.39, 0.29) is 6.04 Å². The second-order valence-corrected chi connectivity index (χ2v) is 13.6. The van der Waals surface area contributed by atoms with Crippen molar-refractivity contribution in [3.63, 3.8) is 0 Å². The van der Waals surface area contributed by atoms with Gasteiger partial charge in [0.25, 0.3) is 0 Å². The minimum atomic E-state index is -0.487. The Bertz CT molecular complexity index is 2740. The Hall–Kier alpha value is -6.55. The van der Waals surface area contributed by atoms with E-state index in [4.69, 9.17) is 10.7 Å². The lowest BCUT2D eigenvalue weighted by atomic mass is 9.66. The molecule has 10 rings (SSSR count). The second-order valence-electron chi connectivity index (χ2n) is 13.6. The van der Waals surface area contributed by atoms with Gasteiger partial charge in [0, 0.05) is 16.3 Å². The van der Waals surface area contributed by atoms with Crippen LogP contribution in [0.4, 0.5) is 0 Å². The quantitative estimate of drug-likeness (QED) is 0.144. The van der Waals surface area contributed by atoms with Gasteiger partial charge in [-0.15, -0.1) is 0 Å². The van der Waals surface area contributed by atoms with Crippen LogP contribution in [0, 0.1) is 0 Å². The summed E-state index contributed by atoms with van der Waals surface area (Å²) in [6, 6.07) is 59.1. The number of allylic oxidation sites excluding steroid dienone is 2. The van der Waals surface area contributed by atoms with E-state index in [2.05, 4.69) is 156 Å². The van der Waals surface area contributed by atoms with Gasteiger partial charge in [-0.2, -0.15) is 0 Å². The number of nitrogens with zero attached hydrogens (tertiary/aromatic N) is 2.